The van der Waals surface area contributed by atoms with Crippen LogP contribution in [0.3, 0.4) is 0 Å². The van der Waals surface area contributed by atoms with E-state index in [0.29, 0.717) is 14.7 Å². The Kier molecular flexibility index (Phi) is 6.43. The topological polar surface area (TPSA) is 59.7 Å². The maximum Gasteiger partial charge on any atom is 0.345 e. The van der Waals surface area contributed by atoms with E-state index in [-0.39, 0.29) is 6.42 Å². The largest absolute Gasteiger partial charge is 0.478 e. The average molecular weight is 594 g/mol. The predicted octanol–water partition coefficient (Wildman–Crippen LogP) is 8.47. The lowest BCUT2D eigenvalue weighted by Crippen LogP contribution is -2.29. The fourth-order valence-electron chi connectivity index (χ4n) is 4.46. The molecule has 0 amide bonds. The number of rotatable bonds is 6. The van der Waals surface area contributed by atoms with Crippen molar-refractivity contribution in [3.63, 3.8) is 0 Å². The van der Waals surface area contributed by atoms with Gasteiger partial charge in [0.05, 0.1) is 8.95 Å². The smallest absolute Gasteiger partial charge is 0.345 e. The lowest BCUT2D eigenvalue weighted by molar-refractivity contribution is -0.145. The van der Waals surface area contributed by atoms with Gasteiger partial charge in [-0.3, -0.25) is 0 Å². The molecular weight excluding hydrogens is 572 g/mol. The Morgan fingerprint density at radius 1 is 0.971 bits per heavy atom. The third-order valence-corrected chi connectivity index (χ3v) is 7.44. The fraction of sp³-hybridized carbons (Fsp3) is 0.138. The number of carboxylic acid groups (broad SMARTS) is 1. The van der Waals surface area contributed by atoms with Gasteiger partial charge in [-0.15, -0.1) is 0 Å². The third-order valence-electron chi connectivity index (χ3n) is 6.27. The summed E-state index contributed by atoms with van der Waals surface area (Å²) in [5.74, 6) is 0.325. The van der Waals surface area contributed by atoms with Crippen LogP contribution in [0.2, 0.25) is 0 Å². The van der Waals surface area contributed by atoms with Gasteiger partial charge in [0.1, 0.15) is 17.1 Å². The summed E-state index contributed by atoms with van der Waals surface area (Å²) in [6.07, 6.45) is -0.771. The number of carboxylic acids is 1. The molecule has 1 heterocycles. The Balaban J connectivity index is 1.62. The van der Waals surface area contributed by atoms with Gasteiger partial charge in [0.2, 0.25) is 0 Å². The van der Waals surface area contributed by atoms with Crippen molar-refractivity contribution in [1.82, 2.24) is 0 Å². The maximum absolute atomic E-state index is 12.0. The second-order valence-corrected chi connectivity index (χ2v) is 10.2. The molecule has 0 aliphatic rings. The highest BCUT2D eigenvalue weighted by Gasteiger charge is 2.24. The second-order valence-electron chi connectivity index (χ2n) is 8.53. The van der Waals surface area contributed by atoms with Gasteiger partial charge < -0.3 is 14.3 Å². The van der Waals surface area contributed by atoms with Crippen LogP contribution in [0.5, 0.6) is 5.75 Å². The SMILES string of the molecule is Cc1oc2cc3ccccc3c(-c3cc(Br)c(O[C@H](Cc4ccccc4)C(=O)O)c(Br)c3)c2c1C. The second kappa shape index (κ2) is 9.51. The van der Waals surface area contributed by atoms with Crippen LogP contribution >= 0.6 is 31.9 Å². The van der Waals surface area contributed by atoms with Crippen molar-refractivity contribution in [2.24, 2.45) is 0 Å². The van der Waals surface area contributed by atoms with E-state index in [4.69, 9.17) is 9.15 Å². The van der Waals surface area contributed by atoms with Crippen molar-refractivity contribution < 1.29 is 19.1 Å². The molecule has 176 valence electrons. The molecule has 0 fully saturated rings. The number of fused-ring (bicyclic) bond motifs is 2. The van der Waals surface area contributed by atoms with Gasteiger partial charge in [-0.05, 0) is 91.4 Å². The van der Waals surface area contributed by atoms with Crippen molar-refractivity contribution in [3.05, 3.63) is 98.6 Å². The highest BCUT2D eigenvalue weighted by molar-refractivity contribution is 9.11. The molecular formula is C29H22Br2O4. The molecule has 4 nitrogen and oxygen atoms in total. The number of furan rings is 1. The van der Waals surface area contributed by atoms with E-state index in [2.05, 4.69) is 57.0 Å². The van der Waals surface area contributed by atoms with Crippen LogP contribution in [0.4, 0.5) is 0 Å². The molecule has 35 heavy (non-hydrogen) atoms. The monoisotopic (exact) mass is 592 g/mol. The molecule has 5 aromatic rings. The molecule has 0 aliphatic heterocycles. The van der Waals surface area contributed by atoms with E-state index in [1.54, 1.807) is 0 Å². The number of halogens is 2. The van der Waals surface area contributed by atoms with Crippen molar-refractivity contribution in [2.75, 3.05) is 0 Å². The van der Waals surface area contributed by atoms with Gasteiger partial charge in [0.15, 0.2) is 6.10 Å². The lowest BCUT2D eigenvalue weighted by atomic mass is 9.93. The van der Waals surface area contributed by atoms with Gasteiger partial charge in [0.25, 0.3) is 0 Å². The number of ether oxygens (including phenoxy) is 1. The zero-order valence-corrected chi connectivity index (χ0v) is 22.3. The molecule has 0 bridgehead atoms. The molecule has 0 aliphatic carbocycles. The Bertz CT molecular complexity index is 1550. The summed E-state index contributed by atoms with van der Waals surface area (Å²) in [7, 11) is 0. The number of carbonyl (C=O) groups is 1. The van der Waals surface area contributed by atoms with Gasteiger partial charge >= 0.3 is 5.97 Å². The van der Waals surface area contributed by atoms with Crippen LogP contribution in [-0.2, 0) is 11.2 Å². The quantitative estimate of drug-likeness (QED) is 0.214. The molecule has 4 aromatic carbocycles. The highest BCUT2D eigenvalue weighted by Crippen LogP contribution is 2.44. The minimum absolute atomic E-state index is 0.258. The molecule has 5 rings (SSSR count). The van der Waals surface area contributed by atoms with Crippen LogP contribution in [0.15, 0.2) is 86.2 Å². The molecule has 1 N–H and O–H groups in total. The van der Waals surface area contributed by atoms with E-state index in [1.807, 2.05) is 61.5 Å². The first kappa shape index (κ1) is 23.6. The summed E-state index contributed by atoms with van der Waals surface area (Å²) in [4.78, 5) is 12.0. The maximum atomic E-state index is 12.0. The van der Waals surface area contributed by atoms with E-state index < -0.39 is 12.1 Å². The standard InChI is InChI=1S/C29H22Br2O4/c1-16-17(2)34-24-15-19-10-6-7-11-21(19)27(26(16)24)20-13-22(30)28(23(31)14-20)35-25(29(32)33)12-18-8-4-3-5-9-18/h3-11,13-15,25H,12H2,1-2H3,(H,32,33)/t25-/m1/s1. The molecule has 1 atom stereocenters. The van der Waals surface area contributed by atoms with E-state index >= 15 is 0 Å². The van der Waals surface area contributed by atoms with E-state index in [1.165, 1.54) is 0 Å². The van der Waals surface area contributed by atoms with Gasteiger partial charge in [0, 0.05) is 17.4 Å². The lowest BCUT2D eigenvalue weighted by Gasteiger charge is -2.19. The predicted molar refractivity (Wildman–Crippen MR) is 146 cm³/mol. The van der Waals surface area contributed by atoms with Crippen LogP contribution in [-0.4, -0.2) is 17.2 Å². The normalized spacial score (nSPS) is 12.2. The van der Waals surface area contributed by atoms with Crippen LogP contribution in [0, 0.1) is 13.8 Å². The first-order valence-corrected chi connectivity index (χ1v) is 12.8. The average Bonchev–Trinajstić information content (AvgIpc) is 3.12. The number of hydrogen-bond donors (Lipinski definition) is 1. The molecule has 0 spiro atoms. The summed E-state index contributed by atoms with van der Waals surface area (Å²) < 4.78 is 13.4. The van der Waals surface area contributed by atoms with Crippen LogP contribution < -0.4 is 4.74 Å². The Hall–Kier alpha value is -3.09. The molecule has 6 heteroatoms. The minimum atomic E-state index is -1.03. The van der Waals surface area contributed by atoms with E-state index in [0.717, 1.165) is 49.8 Å². The zero-order chi connectivity index (χ0) is 24.7. The van der Waals surface area contributed by atoms with Crippen molar-refractivity contribution in [2.45, 2.75) is 26.4 Å². The van der Waals surface area contributed by atoms with Crippen molar-refractivity contribution in [1.29, 1.82) is 0 Å². The first-order valence-electron chi connectivity index (χ1n) is 11.2. The summed E-state index contributed by atoms with van der Waals surface area (Å²) in [6.45, 7) is 4.05. The minimum Gasteiger partial charge on any atom is -0.478 e. The number of aryl methyl sites for hydroxylation is 2. The van der Waals surface area contributed by atoms with Crippen LogP contribution in [0.1, 0.15) is 16.9 Å². The number of aliphatic carboxylic acids is 1. The Labute approximate surface area is 219 Å². The summed E-state index contributed by atoms with van der Waals surface area (Å²) in [5, 5.41) is 13.1. The summed E-state index contributed by atoms with van der Waals surface area (Å²) in [6, 6.07) is 23.7. The molecule has 1 aromatic heterocycles. The van der Waals surface area contributed by atoms with Crippen molar-refractivity contribution >= 4 is 59.6 Å². The summed E-state index contributed by atoms with van der Waals surface area (Å²) in [5.41, 5.74) is 4.88. The molecule has 0 radical (unpaired) electrons. The van der Waals surface area contributed by atoms with Gasteiger partial charge in [-0.1, -0.05) is 54.6 Å². The van der Waals surface area contributed by atoms with Crippen LogP contribution in [0.25, 0.3) is 32.9 Å². The van der Waals surface area contributed by atoms with Gasteiger partial charge in [-0.25, -0.2) is 4.79 Å². The third kappa shape index (κ3) is 4.48. The molecule has 0 unspecified atom stereocenters. The summed E-state index contributed by atoms with van der Waals surface area (Å²) >= 11 is 7.28. The first-order chi connectivity index (χ1) is 16.8. The van der Waals surface area contributed by atoms with Gasteiger partial charge in [-0.2, -0.15) is 0 Å². The number of hydrogen-bond acceptors (Lipinski definition) is 3. The highest BCUT2D eigenvalue weighted by atomic mass is 79.9. The van der Waals surface area contributed by atoms with Crippen molar-refractivity contribution in [3.8, 4) is 16.9 Å². The van der Waals surface area contributed by atoms with E-state index in [9.17, 15) is 9.90 Å². The molecule has 0 saturated carbocycles. The Morgan fingerprint density at radius 2 is 1.63 bits per heavy atom. The zero-order valence-electron chi connectivity index (χ0n) is 19.1. The Morgan fingerprint density at radius 3 is 2.31 bits per heavy atom. The number of benzene rings is 4. The fourth-order valence-corrected chi connectivity index (χ4v) is 5.83. The molecule has 0 saturated heterocycles.